The van der Waals surface area contributed by atoms with E-state index in [-0.39, 0.29) is 29.3 Å². The molecular weight excluding hydrogens is 356 g/mol. The number of nitrogens with one attached hydrogen (secondary N) is 1. The number of hydrogen-bond donors (Lipinski definition) is 2. The molecular formula is C17H24N4O4S. The first kappa shape index (κ1) is 18.6. The van der Waals surface area contributed by atoms with Crippen LogP contribution in [-0.4, -0.2) is 64.0 Å². The fourth-order valence-electron chi connectivity index (χ4n) is 3.47. The first-order chi connectivity index (χ1) is 12.5. The Morgan fingerprint density at radius 1 is 1.15 bits per heavy atom. The molecule has 0 aromatic carbocycles. The molecule has 1 aromatic rings. The van der Waals surface area contributed by atoms with Gasteiger partial charge in [0.2, 0.25) is 5.91 Å². The standard InChI is InChI=1S/C17H24N4O4S/c1-11-14(16(23)24)26-13(19-11)10-18-15(22)12-4-8-21(9-5-12)17(25)20-6-2-3-7-20/h12H,2-10H2,1H3,(H,18,22)(H,23,24). The monoisotopic (exact) mass is 380 g/mol. The molecule has 9 heteroatoms. The van der Waals surface area contributed by atoms with Crippen LogP contribution < -0.4 is 5.32 Å². The fourth-order valence-corrected chi connectivity index (χ4v) is 4.32. The number of thiazole rings is 1. The van der Waals surface area contributed by atoms with Crippen molar-refractivity contribution in [3.05, 3.63) is 15.6 Å². The quantitative estimate of drug-likeness (QED) is 0.827. The lowest BCUT2D eigenvalue weighted by Gasteiger charge is -2.34. The predicted molar refractivity (Wildman–Crippen MR) is 96.2 cm³/mol. The SMILES string of the molecule is Cc1nc(CNC(=O)C2CCN(C(=O)N3CCCC3)CC2)sc1C(=O)O. The summed E-state index contributed by atoms with van der Waals surface area (Å²) in [5.74, 6) is -1.16. The summed E-state index contributed by atoms with van der Waals surface area (Å²) in [6.07, 6.45) is 3.46. The van der Waals surface area contributed by atoms with E-state index in [1.165, 1.54) is 0 Å². The molecule has 0 spiro atoms. The lowest BCUT2D eigenvalue weighted by atomic mass is 9.96. The molecule has 3 rings (SSSR count). The van der Waals surface area contributed by atoms with Crippen LogP contribution in [0.3, 0.4) is 0 Å². The number of carboxylic acids is 1. The van der Waals surface area contributed by atoms with Gasteiger partial charge in [-0.3, -0.25) is 4.79 Å². The summed E-state index contributed by atoms with van der Waals surface area (Å²) in [7, 11) is 0. The van der Waals surface area contributed by atoms with Crippen molar-refractivity contribution in [2.24, 2.45) is 5.92 Å². The van der Waals surface area contributed by atoms with E-state index in [1.807, 2.05) is 9.80 Å². The van der Waals surface area contributed by atoms with Crippen LogP contribution in [0.15, 0.2) is 0 Å². The number of carbonyl (C=O) groups is 3. The van der Waals surface area contributed by atoms with Gasteiger partial charge in [-0.15, -0.1) is 11.3 Å². The van der Waals surface area contributed by atoms with E-state index in [1.54, 1.807) is 6.92 Å². The van der Waals surface area contributed by atoms with Crippen molar-refractivity contribution in [3.8, 4) is 0 Å². The summed E-state index contributed by atoms with van der Waals surface area (Å²) < 4.78 is 0. The zero-order valence-corrected chi connectivity index (χ0v) is 15.7. The van der Waals surface area contributed by atoms with Crippen molar-refractivity contribution in [3.63, 3.8) is 0 Å². The molecule has 0 aliphatic carbocycles. The molecule has 0 atom stereocenters. The largest absolute Gasteiger partial charge is 0.477 e. The predicted octanol–water partition coefficient (Wildman–Crippen LogP) is 1.69. The van der Waals surface area contributed by atoms with E-state index in [4.69, 9.17) is 5.11 Å². The third-order valence-electron chi connectivity index (χ3n) is 4.96. The third-order valence-corrected chi connectivity index (χ3v) is 6.11. The highest BCUT2D eigenvalue weighted by molar-refractivity contribution is 7.13. The van der Waals surface area contributed by atoms with Crippen LogP contribution in [0.5, 0.6) is 0 Å². The van der Waals surface area contributed by atoms with Gasteiger partial charge >= 0.3 is 12.0 Å². The molecule has 2 N–H and O–H groups in total. The van der Waals surface area contributed by atoms with E-state index >= 15 is 0 Å². The van der Waals surface area contributed by atoms with Gasteiger partial charge in [0.1, 0.15) is 9.88 Å². The molecule has 8 nitrogen and oxygen atoms in total. The van der Waals surface area contributed by atoms with E-state index in [0.29, 0.717) is 36.6 Å². The maximum atomic E-state index is 12.4. The first-order valence-corrected chi connectivity index (χ1v) is 9.78. The zero-order valence-electron chi connectivity index (χ0n) is 14.9. The van der Waals surface area contributed by atoms with Crippen LogP contribution in [0.1, 0.15) is 46.1 Å². The van der Waals surface area contributed by atoms with Gasteiger partial charge < -0.3 is 20.2 Å². The second-order valence-electron chi connectivity index (χ2n) is 6.78. The highest BCUT2D eigenvalue weighted by Crippen LogP contribution is 2.21. The number of aromatic carboxylic acids is 1. The van der Waals surface area contributed by atoms with Crippen molar-refractivity contribution in [1.29, 1.82) is 0 Å². The van der Waals surface area contributed by atoms with E-state index in [2.05, 4.69) is 10.3 Å². The Morgan fingerprint density at radius 3 is 2.35 bits per heavy atom. The van der Waals surface area contributed by atoms with Crippen LogP contribution in [0, 0.1) is 12.8 Å². The van der Waals surface area contributed by atoms with Crippen LogP contribution in [0.2, 0.25) is 0 Å². The summed E-state index contributed by atoms with van der Waals surface area (Å²) in [4.78, 5) is 43.9. The third kappa shape index (κ3) is 4.14. The molecule has 0 saturated carbocycles. The number of nitrogens with zero attached hydrogens (tertiary/aromatic N) is 3. The summed E-state index contributed by atoms with van der Waals surface area (Å²) in [6, 6.07) is 0.0980. The molecule has 2 saturated heterocycles. The average molecular weight is 380 g/mol. The zero-order chi connectivity index (χ0) is 18.7. The normalized spacial score (nSPS) is 18.2. The van der Waals surface area contributed by atoms with Crippen molar-refractivity contribution >= 4 is 29.2 Å². The molecule has 2 aliphatic rings. The van der Waals surface area contributed by atoms with Gasteiger partial charge in [-0.1, -0.05) is 0 Å². The van der Waals surface area contributed by atoms with Gasteiger partial charge in [0.05, 0.1) is 12.2 Å². The minimum atomic E-state index is -0.993. The van der Waals surface area contributed by atoms with Crippen molar-refractivity contribution in [1.82, 2.24) is 20.1 Å². The van der Waals surface area contributed by atoms with Crippen molar-refractivity contribution in [2.45, 2.75) is 39.2 Å². The number of likely N-dealkylation sites (tertiary alicyclic amines) is 2. The second kappa shape index (κ2) is 8.03. The first-order valence-electron chi connectivity index (χ1n) is 8.97. The average Bonchev–Trinajstić information content (AvgIpc) is 3.29. The maximum Gasteiger partial charge on any atom is 0.347 e. The lowest BCUT2D eigenvalue weighted by Crippen LogP contribution is -2.47. The number of carboxylic acid groups (broad SMARTS) is 1. The van der Waals surface area contributed by atoms with Crippen LogP contribution >= 0.6 is 11.3 Å². The summed E-state index contributed by atoms with van der Waals surface area (Å²) >= 11 is 1.09. The summed E-state index contributed by atoms with van der Waals surface area (Å²) in [6.45, 7) is 4.78. The molecule has 1 aromatic heterocycles. The van der Waals surface area contributed by atoms with Crippen LogP contribution in [-0.2, 0) is 11.3 Å². The number of amides is 3. The van der Waals surface area contributed by atoms with E-state index in [9.17, 15) is 14.4 Å². The molecule has 0 radical (unpaired) electrons. The summed E-state index contributed by atoms with van der Waals surface area (Å²) in [5.41, 5.74) is 0.473. The number of piperidine rings is 1. The highest BCUT2D eigenvalue weighted by Gasteiger charge is 2.30. The Labute approximate surface area is 156 Å². The highest BCUT2D eigenvalue weighted by atomic mass is 32.1. The van der Waals surface area contributed by atoms with Crippen molar-refractivity contribution in [2.75, 3.05) is 26.2 Å². The molecule has 142 valence electrons. The van der Waals surface area contributed by atoms with E-state index < -0.39 is 5.97 Å². The Balaban J connectivity index is 1.45. The second-order valence-corrected chi connectivity index (χ2v) is 7.87. The van der Waals surface area contributed by atoms with Gasteiger partial charge in [0.15, 0.2) is 0 Å². The molecule has 26 heavy (non-hydrogen) atoms. The molecule has 2 aliphatic heterocycles. The van der Waals surface area contributed by atoms with E-state index in [0.717, 1.165) is 37.3 Å². The summed E-state index contributed by atoms with van der Waals surface area (Å²) in [5, 5.41) is 12.5. The Hall–Kier alpha value is -2.16. The number of aryl methyl sites for hydroxylation is 1. The van der Waals surface area contributed by atoms with Crippen molar-refractivity contribution < 1.29 is 19.5 Å². The number of carbonyl (C=O) groups excluding carboxylic acids is 2. The maximum absolute atomic E-state index is 12.4. The Kier molecular flexibility index (Phi) is 5.75. The Morgan fingerprint density at radius 2 is 1.77 bits per heavy atom. The van der Waals surface area contributed by atoms with Crippen LogP contribution in [0.25, 0.3) is 0 Å². The molecule has 3 amide bonds. The fraction of sp³-hybridized carbons (Fsp3) is 0.647. The Bertz CT molecular complexity index is 691. The smallest absolute Gasteiger partial charge is 0.347 e. The molecule has 0 bridgehead atoms. The minimum Gasteiger partial charge on any atom is -0.477 e. The number of rotatable bonds is 4. The van der Waals surface area contributed by atoms with Gasteiger partial charge in [0, 0.05) is 32.1 Å². The van der Waals surface area contributed by atoms with Gasteiger partial charge in [-0.25, -0.2) is 14.6 Å². The molecule has 3 heterocycles. The minimum absolute atomic E-state index is 0.0528. The van der Waals surface area contributed by atoms with Crippen LogP contribution in [0.4, 0.5) is 4.79 Å². The number of aromatic nitrogens is 1. The molecule has 0 unspecified atom stereocenters. The number of hydrogen-bond acceptors (Lipinski definition) is 5. The topological polar surface area (TPSA) is 103 Å². The number of urea groups is 1. The van der Waals surface area contributed by atoms with Gasteiger partial charge in [0.25, 0.3) is 0 Å². The lowest BCUT2D eigenvalue weighted by molar-refractivity contribution is -0.126. The van der Waals surface area contributed by atoms with Gasteiger partial charge in [-0.2, -0.15) is 0 Å². The van der Waals surface area contributed by atoms with Gasteiger partial charge in [-0.05, 0) is 32.6 Å². The molecule has 2 fully saturated rings.